The average molecular weight is 300 g/mol. The molecule has 3 aromatic rings. The van der Waals surface area contributed by atoms with E-state index in [4.69, 9.17) is 0 Å². The predicted octanol–water partition coefficient (Wildman–Crippen LogP) is 0.443. The van der Waals surface area contributed by atoms with Crippen molar-refractivity contribution < 1.29 is 12.4 Å². The van der Waals surface area contributed by atoms with Gasteiger partial charge in [0.1, 0.15) is 12.1 Å². The molecular formula is C16H16ClN4-. The summed E-state index contributed by atoms with van der Waals surface area (Å²) in [5.74, 6) is 0.827. The second-order valence-corrected chi connectivity index (χ2v) is 4.81. The lowest BCUT2D eigenvalue weighted by Crippen LogP contribution is -3.00. The van der Waals surface area contributed by atoms with Crippen LogP contribution >= 0.6 is 0 Å². The molecule has 0 amide bonds. The van der Waals surface area contributed by atoms with Crippen molar-refractivity contribution in [1.29, 1.82) is 0 Å². The van der Waals surface area contributed by atoms with E-state index in [1.807, 2.05) is 50.5 Å². The first-order valence-corrected chi connectivity index (χ1v) is 6.48. The smallest absolute Gasteiger partial charge is 0.141 e. The van der Waals surface area contributed by atoms with Crippen LogP contribution < -0.4 is 22.6 Å². The van der Waals surface area contributed by atoms with Gasteiger partial charge in [-0.05, 0) is 36.4 Å². The fraction of sp³-hybridized carbons (Fsp3) is 0.125. The Hall–Kier alpha value is -2.33. The van der Waals surface area contributed by atoms with E-state index in [9.17, 15) is 0 Å². The van der Waals surface area contributed by atoms with E-state index in [1.165, 1.54) is 5.69 Å². The summed E-state index contributed by atoms with van der Waals surface area (Å²) in [7, 11) is 4.06. The van der Waals surface area contributed by atoms with Crippen molar-refractivity contribution >= 4 is 28.1 Å². The second-order valence-electron chi connectivity index (χ2n) is 4.81. The van der Waals surface area contributed by atoms with E-state index in [0.29, 0.717) is 0 Å². The van der Waals surface area contributed by atoms with Gasteiger partial charge in [-0.2, -0.15) is 0 Å². The van der Waals surface area contributed by atoms with Gasteiger partial charge >= 0.3 is 0 Å². The van der Waals surface area contributed by atoms with Crippen molar-refractivity contribution in [2.75, 3.05) is 24.3 Å². The van der Waals surface area contributed by atoms with Crippen LogP contribution in [0.1, 0.15) is 0 Å². The lowest BCUT2D eigenvalue weighted by Gasteiger charge is -2.13. The highest BCUT2D eigenvalue weighted by atomic mass is 35.5. The molecule has 1 N–H and O–H groups in total. The van der Waals surface area contributed by atoms with Crippen LogP contribution in [0.2, 0.25) is 0 Å². The Balaban J connectivity index is 0.00000161. The van der Waals surface area contributed by atoms with Gasteiger partial charge in [0.05, 0.1) is 5.52 Å². The maximum absolute atomic E-state index is 4.33. The monoisotopic (exact) mass is 299 g/mol. The van der Waals surface area contributed by atoms with Crippen molar-refractivity contribution in [3.05, 3.63) is 54.9 Å². The molecule has 0 spiro atoms. The van der Waals surface area contributed by atoms with Gasteiger partial charge in [-0.1, -0.05) is 12.1 Å². The highest BCUT2D eigenvalue weighted by molar-refractivity contribution is 5.90. The molecule has 0 saturated carbocycles. The summed E-state index contributed by atoms with van der Waals surface area (Å²) >= 11 is 0. The summed E-state index contributed by atoms with van der Waals surface area (Å²) < 4.78 is 0. The second kappa shape index (κ2) is 6.41. The van der Waals surface area contributed by atoms with Crippen molar-refractivity contribution in [2.45, 2.75) is 0 Å². The number of nitrogens with one attached hydrogen (secondary N) is 1. The molecule has 4 nitrogen and oxygen atoms in total. The zero-order chi connectivity index (χ0) is 13.9. The largest absolute Gasteiger partial charge is 1.00 e. The Bertz CT molecular complexity index is 720. The van der Waals surface area contributed by atoms with Crippen molar-refractivity contribution in [3.63, 3.8) is 0 Å². The number of hydrogen-bond acceptors (Lipinski definition) is 4. The number of benzene rings is 2. The lowest BCUT2D eigenvalue weighted by molar-refractivity contribution is -0.00000414. The SMILES string of the molecule is CN(C)c1ccc(Nc2ncnc3ccccc23)cc1.[Cl-]. The average Bonchev–Trinajstić information content (AvgIpc) is 2.48. The topological polar surface area (TPSA) is 41.0 Å². The summed E-state index contributed by atoms with van der Waals surface area (Å²) in [6.07, 6.45) is 1.58. The van der Waals surface area contributed by atoms with E-state index >= 15 is 0 Å². The van der Waals surface area contributed by atoms with Crippen LogP contribution in [0.4, 0.5) is 17.2 Å². The van der Waals surface area contributed by atoms with Gasteiger partial charge in [0, 0.05) is 30.9 Å². The van der Waals surface area contributed by atoms with Crippen LogP contribution in [0.15, 0.2) is 54.9 Å². The van der Waals surface area contributed by atoms with Crippen molar-refractivity contribution in [2.24, 2.45) is 0 Å². The van der Waals surface area contributed by atoms with Crippen LogP contribution in [0.3, 0.4) is 0 Å². The molecule has 0 aliphatic carbocycles. The molecule has 2 aromatic carbocycles. The zero-order valence-corrected chi connectivity index (χ0v) is 12.7. The molecule has 5 heteroatoms. The number of halogens is 1. The third kappa shape index (κ3) is 3.23. The molecule has 1 aromatic heterocycles. The molecule has 0 aliphatic heterocycles. The minimum absolute atomic E-state index is 0. The highest BCUT2D eigenvalue weighted by Gasteiger charge is 2.03. The first kappa shape index (κ1) is 15.1. The first-order valence-electron chi connectivity index (χ1n) is 6.48. The molecule has 3 rings (SSSR count). The predicted molar refractivity (Wildman–Crippen MR) is 83.6 cm³/mol. The zero-order valence-electron chi connectivity index (χ0n) is 11.9. The van der Waals surface area contributed by atoms with E-state index in [0.717, 1.165) is 22.4 Å². The van der Waals surface area contributed by atoms with E-state index in [-0.39, 0.29) is 12.4 Å². The number of rotatable bonds is 3. The standard InChI is InChI=1S/C16H16N4.ClH/c1-20(2)13-9-7-12(8-10-13)19-16-14-5-3-4-6-15(14)17-11-18-16;/h3-11H,1-2H3,(H,17,18,19);1H/p-1. The minimum atomic E-state index is 0. The summed E-state index contributed by atoms with van der Waals surface area (Å²) in [5, 5.41) is 4.36. The number of fused-ring (bicyclic) bond motifs is 1. The molecule has 0 radical (unpaired) electrons. The van der Waals surface area contributed by atoms with Crippen molar-refractivity contribution in [1.82, 2.24) is 9.97 Å². The summed E-state index contributed by atoms with van der Waals surface area (Å²) in [5.41, 5.74) is 3.12. The fourth-order valence-corrected chi connectivity index (χ4v) is 2.08. The molecule has 108 valence electrons. The van der Waals surface area contributed by atoms with Crippen LogP contribution in [0, 0.1) is 0 Å². The Morgan fingerprint density at radius 3 is 2.33 bits per heavy atom. The minimum Gasteiger partial charge on any atom is -1.00 e. The fourth-order valence-electron chi connectivity index (χ4n) is 2.08. The number of para-hydroxylation sites is 1. The summed E-state index contributed by atoms with van der Waals surface area (Å²) in [6.45, 7) is 0. The van der Waals surface area contributed by atoms with Crippen LogP contribution in [0.5, 0.6) is 0 Å². The van der Waals surface area contributed by atoms with Gasteiger partial charge in [-0.25, -0.2) is 9.97 Å². The highest BCUT2D eigenvalue weighted by Crippen LogP contribution is 2.23. The molecule has 0 saturated heterocycles. The van der Waals surface area contributed by atoms with Crippen LogP contribution in [-0.2, 0) is 0 Å². The third-order valence-corrected chi connectivity index (χ3v) is 3.19. The maximum Gasteiger partial charge on any atom is 0.141 e. The third-order valence-electron chi connectivity index (χ3n) is 3.19. The van der Waals surface area contributed by atoms with Gasteiger partial charge in [-0.3, -0.25) is 0 Å². The Morgan fingerprint density at radius 2 is 1.62 bits per heavy atom. The molecule has 0 fully saturated rings. The van der Waals surface area contributed by atoms with Crippen LogP contribution in [0.25, 0.3) is 10.9 Å². The van der Waals surface area contributed by atoms with Crippen molar-refractivity contribution in [3.8, 4) is 0 Å². The van der Waals surface area contributed by atoms with Gasteiger partial charge in [0.15, 0.2) is 0 Å². The van der Waals surface area contributed by atoms with E-state index < -0.39 is 0 Å². The number of anilines is 3. The first-order chi connectivity index (χ1) is 9.74. The molecule has 0 unspecified atom stereocenters. The number of nitrogens with zero attached hydrogens (tertiary/aromatic N) is 3. The molecular weight excluding hydrogens is 284 g/mol. The molecule has 0 bridgehead atoms. The van der Waals surface area contributed by atoms with E-state index in [1.54, 1.807) is 6.33 Å². The number of aromatic nitrogens is 2. The number of hydrogen-bond donors (Lipinski definition) is 1. The Labute approximate surface area is 130 Å². The quantitative estimate of drug-likeness (QED) is 0.762. The van der Waals surface area contributed by atoms with Gasteiger partial charge in [0.2, 0.25) is 0 Å². The Morgan fingerprint density at radius 1 is 0.905 bits per heavy atom. The van der Waals surface area contributed by atoms with E-state index in [2.05, 4.69) is 32.3 Å². The Kier molecular flexibility index (Phi) is 4.60. The van der Waals surface area contributed by atoms with Crippen LogP contribution in [-0.4, -0.2) is 24.1 Å². The van der Waals surface area contributed by atoms with Gasteiger partial charge in [0.25, 0.3) is 0 Å². The molecule has 0 atom stereocenters. The summed E-state index contributed by atoms with van der Waals surface area (Å²) in [4.78, 5) is 10.7. The molecule has 21 heavy (non-hydrogen) atoms. The van der Waals surface area contributed by atoms with Gasteiger partial charge < -0.3 is 22.6 Å². The molecule has 0 aliphatic rings. The van der Waals surface area contributed by atoms with Gasteiger partial charge in [-0.15, -0.1) is 0 Å². The maximum atomic E-state index is 4.33. The normalized spacial score (nSPS) is 10.0. The summed E-state index contributed by atoms with van der Waals surface area (Å²) in [6, 6.07) is 16.2. The molecule has 1 heterocycles. The lowest BCUT2D eigenvalue weighted by atomic mass is 10.2.